The van der Waals surface area contributed by atoms with Crippen LogP contribution in [0.25, 0.3) is 0 Å². The maximum Gasteiger partial charge on any atom is 0.287 e. The normalized spacial score (nSPS) is 11.3. The molecule has 1 aromatic carbocycles. The predicted octanol–water partition coefficient (Wildman–Crippen LogP) is 4.00. The Morgan fingerprint density at radius 2 is 1.89 bits per heavy atom. The third-order valence-electron chi connectivity index (χ3n) is 3.54. The monoisotopic (exact) mass is 327 g/mol. The van der Waals surface area contributed by atoms with Crippen molar-refractivity contribution < 1.29 is 9.53 Å². The molecule has 3 nitrogen and oxygen atoms in total. The van der Waals surface area contributed by atoms with Crippen molar-refractivity contribution in [1.82, 2.24) is 5.32 Å². The summed E-state index contributed by atoms with van der Waals surface area (Å²) in [4.78, 5) is 10.9. The van der Waals surface area contributed by atoms with Gasteiger partial charge in [-0.2, -0.15) is 0 Å². The van der Waals surface area contributed by atoms with Gasteiger partial charge in [0.2, 0.25) is 0 Å². The summed E-state index contributed by atoms with van der Waals surface area (Å²) in [6.45, 7) is 11.0. The van der Waals surface area contributed by atoms with Gasteiger partial charge in [0, 0.05) is 33.5 Å². The molecule has 106 valence electrons. The second kappa shape index (κ2) is 5.95. The van der Waals surface area contributed by atoms with Gasteiger partial charge < -0.3 is 10.1 Å². The van der Waals surface area contributed by atoms with Crippen LogP contribution in [-0.2, 0) is 5.41 Å². The van der Waals surface area contributed by atoms with E-state index in [0.29, 0.717) is 6.54 Å². The van der Waals surface area contributed by atoms with Crippen LogP contribution in [0.4, 0.5) is 4.79 Å². The molecular weight excluding hydrogens is 306 g/mol. The molecule has 0 radical (unpaired) electrons. The first-order chi connectivity index (χ1) is 8.70. The lowest BCUT2D eigenvalue weighted by molar-refractivity contribution is 0.259. The third-order valence-corrected chi connectivity index (χ3v) is 3.82. The van der Waals surface area contributed by atoms with Crippen LogP contribution < -0.4 is 10.1 Å². The molecule has 0 unspecified atom stereocenters. The number of aryl methyl sites for hydroxylation is 2. The number of nitrogens with one attached hydrogen (secondary N) is 1. The van der Waals surface area contributed by atoms with Crippen molar-refractivity contribution in [3.63, 3.8) is 0 Å². The standard InChI is InChI=1S/C15H22BrNO2/c1-9-7-10(2)12(13(19-6)11(9)3)15(4,5)8-17-14(16)18/h7H,8H2,1-6H3,(H,17,18). The number of amides is 1. The van der Waals surface area contributed by atoms with Gasteiger partial charge in [-0.15, -0.1) is 0 Å². The van der Waals surface area contributed by atoms with E-state index >= 15 is 0 Å². The van der Waals surface area contributed by atoms with E-state index in [9.17, 15) is 4.79 Å². The second-order valence-corrected chi connectivity index (χ2v) is 6.27. The van der Waals surface area contributed by atoms with Gasteiger partial charge >= 0.3 is 0 Å². The molecule has 0 aliphatic heterocycles. The first-order valence-electron chi connectivity index (χ1n) is 6.29. The molecule has 0 heterocycles. The van der Waals surface area contributed by atoms with Gasteiger partial charge in [0.05, 0.1) is 7.11 Å². The molecule has 0 aromatic heterocycles. The van der Waals surface area contributed by atoms with Gasteiger partial charge in [-0.1, -0.05) is 19.9 Å². The smallest absolute Gasteiger partial charge is 0.287 e. The Hall–Kier alpha value is -1.03. The number of rotatable bonds is 4. The highest BCUT2D eigenvalue weighted by atomic mass is 79.9. The Kier molecular flexibility index (Phi) is 5.02. The number of hydrogen-bond donors (Lipinski definition) is 1. The van der Waals surface area contributed by atoms with Gasteiger partial charge in [0.25, 0.3) is 4.82 Å². The first-order valence-corrected chi connectivity index (χ1v) is 7.08. The van der Waals surface area contributed by atoms with Crippen molar-refractivity contribution in [1.29, 1.82) is 0 Å². The summed E-state index contributed by atoms with van der Waals surface area (Å²) in [5.41, 5.74) is 4.52. The minimum Gasteiger partial charge on any atom is -0.496 e. The number of ether oxygens (including phenoxy) is 1. The fourth-order valence-electron chi connectivity index (χ4n) is 2.53. The first kappa shape index (κ1) is 16.0. The van der Waals surface area contributed by atoms with Crippen LogP contribution in [0.5, 0.6) is 5.75 Å². The Labute approximate surface area is 123 Å². The van der Waals surface area contributed by atoms with Crippen LogP contribution >= 0.6 is 15.9 Å². The lowest BCUT2D eigenvalue weighted by Gasteiger charge is -2.30. The van der Waals surface area contributed by atoms with E-state index < -0.39 is 0 Å². The summed E-state index contributed by atoms with van der Waals surface area (Å²) in [7, 11) is 1.70. The van der Waals surface area contributed by atoms with E-state index in [1.54, 1.807) is 7.11 Å². The molecular formula is C15H22BrNO2. The Morgan fingerprint density at radius 1 is 1.32 bits per heavy atom. The van der Waals surface area contributed by atoms with E-state index in [1.165, 1.54) is 11.1 Å². The quantitative estimate of drug-likeness (QED) is 0.670. The Morgan fingerprint density at radius 3 is 2.37 bits per heavy atom. The van der Waals surface area contributed by atoms with Gasteiger partial charge in [0.15, 0.2) is 0 Å². The van der Waals surface area contributed by atoms with E-state index in [-0.39, 0.29) is 10.2 Å². The van der Waals surface area contributed by atoms with Gasteiger partial charge in [-0.25, -0.2) is 0 Å². The van der Waals surface area contributed by atoms with Crippen molar-refractivity contribution >= 4 is 20.7 Å². The highest BCUT2D eigenvalue weighted by molar-refractivity contribution is 9.18. The number of halogens is 1. The SMILES string of the molecule is COc1c(C)c(C)cc(C)c1C(C)(C)CNC(=O)Br. The molecule has 0 fully saturated rings. The molecule has 0 spiro atoms. The molecule has 1 aromatic rings. The molecule has 0 bridgehead atoms. The summed E-state index contributed by atoms with van der Waals surface area (Å²) in [6, 6.07) is 2.17. The maximum atomic E-state index is 11.1. The minimum atomic E-state index is -0.197. The van der Waals surface area contributed by atoms with Crippen molar-refractivity contribution in [3.8, 4) is 5.75 Å². The zero-order valence-electron chi connectivity index (χ0n) is 12.5. The van der Waals surface area contributed by atoms with Gasteiger partial charge in [-0.05, 0) is 37.5 Å². The molecule has 0 saturated heterocycles. The Balaban J connectivity index is 3.32. The summed E-state index contributed by atoms with van der Waals surface area (Å²) in [5, 5.41) is 2.82. The van der Waals surface area contributed by atoms with Crippen LogP contribution in [0.1, 0.15) is 36.1 Å². The molecule has 19 heavy (non-hydrogen) atoms. The zero-order valence-corrected chi connectivity index (χ0v) is 14.1. The summed E-state index contributed by atoms with van der Waals surface area (Å²) in [6.07, 6.45) is 0. The van der Waals surface area contributed by atoms with Crippen LogP contribution in [0.2, 0.25) is 0 Å². The lowest BCUT2D eigenvalue weighted by atomic mass is 9.79. The van der Waals surface area contributed by atoms with Crippen molar-refractivity contribution in [2.45, 2.75) is 40.0 Å². The van der Waals surface area contributed by atoms with Crippen LogP contribution in [-0.4, -0.2) is 18.5 Å². The van der Waals surface area contributed by atoms with Gasteiger partial charge in [0.1, 0.15) is 5.75 Å². The summed E-state index contributed by atoms with van der Waals surface area (Å²) >= 11 is 2.90. The molecule has 1 N–H and O–H groups in total. The number of benzene rings is 1. The molecule has 1 rings (SSSR count). The Bertz CT molecular complexity index is 495. The summed E-state index contributed by atoms with van der Waals surface area (Å²) < 4.78 is 5.61. The molecule has 0 saturated carbocycles. The predicted molar refractivity (Wildman–Crippen MR) is 82.6 cm³/mol. The van der Waals surface area contributed by atoms with Crippen molar-refractivity contribution in [2.24, 2.45) is 0 Å². The number of hydrogen-bond acceptors (Lipinski definition) is 2. The number of carbonyl (C=O) groups is 1. The van der Waals surface area contributed by atoms with Crippen LogP contribution in [0, 0.1) is 20.8 Å². The zero-order chi connectivity index (χ0) is 14.8. The van der Waals surface area contributed by atoms with Crippen LogP contribution in [0.15, 0.2) is 6.07 Å². The molecule has 0 aliphatic carbocycles. The number of carbonyl (C=O) groups excluding carboxylic acids is 1. The fourth-order valence-corrected chi connectivity index (χ4v) is 2.67. The topological polar surface area (TPSA) is 38.3 Å². The van der Waals surface area contributed by atoms with E-state index in [1.807, 2.05) is 0 Å². The average molecular weight is 328 g/mol. The molecule has 0 atom stereocenters. The van der Waals surface area contributed by atoms with E-state index in [2.05, 4.69) is 61.9 Å². The molecule has 4 heteroatoms. The fraction of sp³-hybridized carbons (Fsp3) is 0.533. The summed E-state index contributed by atoms with van der Waals surface area (Å²) in [5.74, 6) is 0.923. The van der Waals surface area contributed by atoms with E-state index in [0.717, 1.165) is 16.9 Å². The molecule has 1 amide bonds. The highest BCUT2D eigenvalue weighted by Crippen LogP contribution is 2.38. The molecule has 0 aliphatic rings. The van der Waals surface area contributed by atoms with Gasteiger partial charge in [-0.3, -0.25) is 4.79 Å². The average Bonchev–Trinajstić information content (AvgIpc) is 2.30. The van der Waals surface area contributed by atoms with Crippen molar-refractivity contribution in [2.75, 3.05) is 13.7 Å². The third kappa shape index (κ3) is 3.50. The maximum absolute atomic E-state index is 11.1. The van der Waals surface area contributed by atoms with Crippen LogP contribution in [0.3, 0.4) is 0 Å². The number of methoxy groups -OCH3 is 1. The highest BCUT2D eigenvalue weighted by Gasteiger charge is 2.28. The minimum absolute atomic E-state index is 0.193. The largest absolute Gasteiger partial charge is 0.496 e. The van der Waals surface area contributed by atoms with E-state index in [4.69, 9.17) is 4.74 Å². The second-order valence-electron chi connectivity index (χ2n) is 5.55. The van der Waals surface area contributed by atoms with Crippen molar-refractivity contribution in [3.05, 3.63) is 28.3 Å². The lowest BCUT2D eigenvalue weighted by Crippen LogP contribution is -2.35.